The lowest BCUT2D eigenvalue weighted by molar-refractivity contribution is 0.117. The molecule has 0 saturated carbocycles. The Bertz CT molecular complexity index is 305. The van der Waals surface area contributed by atoms with Gasteiger partial charge in [0, 0.05) is 6.61 Å². The van der Waals surface area contributed by atoms with Crippen LogP contribution in [0.1, 0.15) is 24.8 Å². The topological polar surface area (TPSA) is 9.23 Å². The molecule has 88 valence electrons. The minimum absolute atomic E-state index is 0.428. The van der Waals surface area contributed by atoms with Crippen LogP contribution in [0.15, 0.2) is 42.5 Å². The molecule has 0 fully saturated rings. The van der Waals surface area contributed by atoms with Gasteiger partial charge in [-0.25, -0.2) is 0 Å². The van der Waals surface area contributed by atoms with Gasteiger partial charge in [0.05, 0.1) is 6.61 Å². The Morgan fingerprint density at radius 3 is 2.56 bits per heavy atom. The van der Waals surface area contributed by atoms with Crippen LogP contribution in [0.4, 0.5) is 8.78 Å². The van der Waals surface area contributed by atoms with Gasteiger partial charge in [-0.3, -0.25) is 0 Å². The highest BCUT2D eigenvalue weighted by molar-refractivity contribution is 5.13. The third-order valence-electron chi connectivity index (χ3n) is 2.15. The normalized spacial score (nSPS) is 10.1. The third kappa shape index (κ3) is 6.30. The monoisotopic (exact) mass is 226 g/mol. The fraction of sp³-hybridized carbons (Fsp3) is 0.385. The molecule has 0 amide bonds. The predicted molar refractivity (Wildman–Crippen MR) is 60.2 cm³/mol. The second kappa shape index (κ2) is 7.99. The van der Waals surface area contributed by atoms with Crippen LogP contribution in [0.25, 0.3) is 0 Å². The van der Waals surface area contributed by atoms with Crippen LogP contribution in [-0.2, 0) is 11.3 Å². The molecule has 1 nitrogen and oxygen atoms in total. The first-order valence-electron chi connectivity index (χ1n) is 5.42. The SMILES string of the molecule is FC(F)=CCCCCOCc1ccccc1. The number of halogens is 2. The maximum Gasteiger partial charge on any atom is 0.266 e. The standard InChI is InChI=1S/C13H16F2O/c14-13(15)9-5-2-6-10-16-11-12-7-3-1-4-8-12/h1,3-4,7-9H,2,5-6,10-11H2. The highest BCUT2D eigenvalue weighted by atomic mass is 19.3. The van der Waals surface area contributed by atoms with E-state index in [0.29, 0.717) is 19.6 Å². The summed E-state index contributed by atoms with van der Waals surface area (Å²) in [4.78, 5) is 0. The minimum atomic E-state index is -1.59. The summed E-state index contributed by atoms with van der Waals surface area (Å²) in [6.45, 7) is 1.21. The number of hydrogen-bond acceptors (Lipinski definition) is 1. The molecule has 0 N–H and O–H groups in total. The van der Waals surface area contributed by atoms with Gasteiger partial charge in [-0.15, -0.1) is 0 Å². The molecule has 0 atom stereocenters. The number of rotatable bonds is 7. The van der Waals surface area contributed by atoms with Crippen molar-refractivity contribution < 1.29 is 13.5 Å². The van der Waals surface area contributed by atoms with Gasteiger partial charge in [0.1, 0.15) is 0 Å². The van der Waals surface area contributed by atoms with E-state index in [1.807, 2.05) is 30.3 Å². The van der Waals surface area contributed by atoms with Gasteiger partial charge in [-0.2, -0.15) is 8.78 Å². The lowest BCUT2D eigenvalue weighted by atomic mass is 10.2. The van der Waals surface area contributed by atoms with Crippen LogP contribution in [0.3, 0.4) is 0 Å². The van der Waals surface area contributed by atoms with Gasteiger partial charge in [0.25, 0.3) is 6.08 Å². The summed E-state index contributed by atoms with van der Waals surface area (Å²) in [7, 11) is 0. The highest BCUT2D eigenvalue weighted by Crippen LogP contribution is 2.05. The quantitative estimate of drug-likeness (QED) is 0.634. The molecule has 16 heavy (non-hydrogen) atoms. The number of benzene rings is 1. The average Bonchev–Trinajstić information content (AvgIpc) is 2.29. The Labute approximate surface area is 94.7 Å². The number of unbranched alkanes of at least 4 members (excludes halogenated alkanes) is 2. The molecule has 1 aromatic rings. The molecule has 1 aromatic carbocycles. The molecular formula is C13H16F2O. The fourth-order valence-electron chi connectivity index (χ4n) is 1.32. The molecule has 0 aromatic heterocycles. The van der Waals surface area contributed by atoms with Crippen molar-refractivity contribution in [1.82, 2.24) is 0 Å². The lowest BCUT2D eigenvalue weighted by Gasteiger charge is -2.03. The van der Waals surface area contributed by atoms with Crippen LogP contribution in [0.5, 0.6) is 0 Å². The van der Waals surface area contributed by atoms with Gasteiger partial charge in [-0.1, -0.05) is 30.3 Å². The van der Waals surface area contributed by atoms with Crippen LogP contribution in [-0.4, -0.2) is 6.61 Å². The maximum absolute atomic E-state index is 11.7. The van der Waals surface area contributed by atoms with E-state index >= 15 is 0 Å². The van der Waals surface area contributed by atoms with E-state index in [-0.39, 0.29) is 0 Å². The number of hydrogen-bond donors (Lipinski definition) is 0. The number of allylic oxidation sites excluding steroid dienone is 1. The summed E-state index contributed by atoms with van der Waals surface area (Å²) in [6.07, 6.45) is 1.35. The Kier molecular flexibility index (Phi) is 6.42. The lowest BCUT2D eigenvalue weighted by Crippen LogP contribution is -1.95. The Balaban J connectivity index is 1.98. The zero-order chi connectivity index (χ0) is 11.6. The van der Waals surface area contributed by atoms with E-state index in [4.69, 9.17) is 4.74 Å². The largest absolute Gasteiger partial charge is 0.377 e. The van der Waals surface area contributed by atoms with E-state index in [0.717, 1.165) is 24.5 Å². The molecule has 0 aliphatic heterocycles. The second-order valence-electron chi connectivity index (χ2n) is 3.53. The van der Waals surface area contributed by atoms with E-state index in [2.05, 4.69) is 0 Å². The first-order chi connectivity index (χ1) is 7.79. The van der Waals surface area contributed by atoms with Crippen LogP contribution >= 0.6 is 0 Å². The van der Waals surface area contributed by atoms with E-state index in [9.17, 15) is 8.78 Å². The average molecular weight is 226 g/mol. The minimum Gasteiger partial charge on any atom is -0.377 e. The van der Waals surface area contributed by atoms with Crippen molar-refractivity contribution in [1.29, 1.82) is 0 Å². The van der Waals surface area contributed by atoms with E-state index < -0.39 is 6.08 Å². The first-order valence-corrected chi connectivity index (χ1v) is 5.42. The van der Waals surface area contributed by atoms with Crippen molar-refractivity contribution in [3.8, 4) is 0 Å². The van der Waals surface area contributed by atoms with Crippen molar-refractivity contribution >= 4 is 0 Å². The molecule has 0 aliphatic rings. The summed E-state index contributed by atoms with van der Waals surface area (Å²) < 4.78 is 28.7. The van der Waals surface area contributed by atoms with Gasteiger partial charge in [0.15, 0.2) is 0 Å². The zero-order valence-corrected chi connectivity index (χ0v) is 9.16. The molecule has 0 aliphatic carbocycles. The van der Waals surface area contributed by atoms with E-state index in [1.165, 1.54) is 0 Å². The molecule has 3 heteroatoms. The van der Waals surface area contributed by atoms with Crippen LogP contribution < -0.4 is 0 Å². The molecule has 0 bridgehead atoms. The summed E-state index contributed by atoms with van der Waals surface area (Å²) in [5, 5.41) is 0. The molecule has 0 saturated heterocycles. The highest BCUT2D eigenvalue weighted by Gasteiger charge is 1.93. The number of ether oxygens (including phenoxy) is 1. The smallest absolute Gasteiger partial charge is 0.266 e. The van der Waals surface area contributed by atoms with Crippen molar-refractivity contribution in [2.45, 2.75) is 25.9 Å². The summed E-state index contributed by atoms with van der Waals surface area (Å²) >= 11 is 0. The van der Waals surface area contributed by atoms with Crippen molar-refractivity contribution in [3.63, 3.8) is 0 Å². The van der Waals surface area contributed by atoms with Gasteiger partial charge < -0.3 is 4.74 Å². The fourth-order valence-corrected chi connectivity index (χ4v) is 1.32. The van der Waals surface area contributed by atoms with Crippen LogP contribution in [0.2, 0.25) is 0 Å². The van der Waals surface area contributed by atoms with E-state index in [1.54, 1.807) is 0 Å². The second-order valence-corrected chi connectivity index (χ2v) is 3.53. The zero-order valence-electron chi connectivity index (χ0n) is 9.16. The Morgan fingerprint density at radius 1 is 1.12 bits per heavy atom. The maximum atomic E-state index is 11.7. The third-order valence-corrected chi connectivity index (χ3v) is 2.15. The molecule has 1 rings (SSSR count). The summed E-state index contributed by atoms with van der Waals surface area (Å²) in [5.74, 6) is 0. The molecule has 0 heterocycles. The molecular weight excluding hydrogens is 210 g/mol. The molecule has 0 spiro atoms. The molecule has 0 radical (unpaired) electrons. The Hall–Kier alpha value is -1.22. The van der Waals surface area contributed by atoms with Gasteiger partial charge >= 0.3 is 0 Å². The molecule has 0 unspecified atom stereocenters. The van der Waals surface area contributed by atoms with Crippen LogP contribution in [0, 0.1) is 0 Å². The van der Waals surface area contributed by atoms with Gasteiger partial charge in [0.2, 0.25) is 0 Å². The van der Waals surface area contributed by atoms with Gasteiger partial charge in [-0.05, 0) is 30.9 Å². The Morgan fingerprint density at radius 2 is 1.88 bits per heavy atom. The van der Waals surface area contributed by atoms with Crippen molar-refractivity contribution in [3.05, 3.63) is 48.1 Å². The van der Waals surface area contributed by atoms with Crippen molar-refractivity contribution in [2.75, 3.05) is 6.61 Å². The summed E-state index contributed by atoms with van der Waals surface area (Å²) in [6, 6.07) is 9.89. The summed E-state index contributed by atoms with van der Waals surface area (Å²) in [5.41, 5.74) is 1.14. The first kappa shape index (κ1) is 12.8. The van der Waals surface area contributed by atoms with Crippen molar-refractivity contribution in [2.24, 2.45) is 0 Å². The predicted octanol–water partition coefficient (Wildman–Crippen LogP) is 4.15.